The van der Waals surface area contributed by atoms with E-state index in [1.165, 1.54) is 16.7 Å². The molecule has 0 spiro atoms. The number of halogens is 1. The molecule has 2 aliphatic heterocycles. The van der Waals surface area contributed by atoms with Crippen molar-refractivity contribution in [2.75, 3.05) is 5.75 Å². The summed E-state index contributed by atoms with van der Waals surface area (Å²) in [6.07, 6.45) is 0. The van der Waals surface area contributed by atoms with Crippen LogP contribution in [0.5, 0.6) is 0 Å². The number of hydrogen-bond donors (Lipinski definition) is 2. The van der Waals surface area contributed by atoms with Gasteiger partial charge in [-0.3, -0.25) is 9.59 Å². The second-order valence-corrected chi connectivity index (χ2v) is 7.75. The van der Waals surface area contributed by atoms with Gasteiger partial charge in [-0.05, 0) is 19.1 Å². The van der Waals surface area contributed by atoms with Crippen LogP contribution in [0, 0.1) is 0 Å². The van der Waals surface area contributed by atoms with Gasteiger partial charge in [-0.1, -0.05) is 18.2 Å². The van der Waals surface area contributed by atoms with Gasteiger partial charge in [-0.2, -0.15) is 0 Å². The molecule has 122 valence electrons. The Kier molecular flexibility index (Phi) is 4.01. The summed E-state index contributed by atoms with van der Waals surface area (Å²) in [4.78, 5) is 36.2. The van der Waals surface area contributed by atoms with Gasteiger partial charge >= 0.3 is 5.97 Å². The Balaban J connectivity index is 1.75. The first-order chi connectivity index (χ1) is 10.8. The fraction of sp³-hybridized carbons (Fsp3) is 0.400. The summed E-state index contributed by atoms with van der Waals surface area (Å²) in [5.74, 6) is -1.51. The van der Waals surface area contributed by atoms with Crippen LogP contribution in [0.25, 0.3) is 0 Å². The van der Waals surface area contributed by atoms with Crippen LogP contribution in [0.2, 0.25) is 0 Å². The van der Waals surface area contributed by atoms with E-state index >= 15 is 0 Å². The average molecular weight is 355 g/mol. The van der Waals surface area contributed by atoms with Gasteiger partial charge < -0.3 is 15.3 Å². The molecule has 2 saturated heterocycles. The molecule has 4 atom stereocenters. The number of carbonyl (C=O) groups excluding carboxylic acids is 2. The maximum atomic E-state index is 12.3. The zero-order valence-electron chi connectivity index (χ0n) is 12.2. The Morgan fingerprint density at radius 3 is 2.65 bits per heavy atom. The lowest BCUT2D eigenvalue weighted by Crippen LogP contribution is -2.78. The topological polar surface area (TPSA) is 86.7 Å². The molecule has 0 aromatic heterocycles. The summed E-state index contributed by atoms with van der Waals surface area (Å²) >= 11 is 7.64. The summed E-state index contributed by atoms with van der Waals surface area (Å²) in [5, 5.41) is 11.7. The molecule has 2 aliphatic rings. The number of nitrogens with zero attached hydrogens (tertiary/aromatic N) is 1. The van der Waals surface area contributed by atoms with E-state index in [0.29, 0.717) is 11.3 Å². The van der Waals surface area contributed by atoms with Gasteiger partial charge in [0, 0.05) is 11.3 Å². The molecule has 0 unspecified atom stereocenters. The lowest BCUT2D eigenvalue weighted by molar-refractivity contribution is -0.162. The number of aliphatic carboxylic acids is 1. The summed E-state index contributed by atoms with van der Waals surface area (Å²) in [5.41, 5.74) is 0.455. The zero-order chi connectivity index (χ0) is 16.8. The number of rotatable bonds is 3. The van der Waals surface area contributed by atoms with Gasteiger partial charge in [0.05, 0.1) is 4.87 Å². The van der Waals surface area contributed by atoms with Crippen molar-refractivity contribution in [2.24, 2.45) is 0 Å². The minimum atomic E-state index is -1.13. The van der Waals surface area contributed by atoms with Crippen LogP contribution in [0.1, 0.15) is 17.3 Å². The third kappa shape index (κ3) is 2.68. The van der Waals surface area contributed by atoms with Crippen molar-refractivity contribution in [3.63, 3.8) is 0 Å². The second kappa shape index (κ2) is 5.72. The number of carboxylic acid groups (broad SMARTS) is 1. The Hall–Kier alpha value is -1.73. The van der Waals surface area contributed by atoms with Crippen molar-refractivity contribution >= 4 is 41.1 Å². The smallest absolute Gasteiger partial charge is 0.328 e. The van der Waals surface area contributed by atoms with Gasteiger partial charge in [0.1, 0.15) is 17.5 Å². The van der Waals surface area contributed by atoms with Gasteiger partial charge in [0.2, 0.25) is 5.91 Å². The average Bonchev–Trinajstić information content (AvgIpc) is 2.52. The van der Waals surface area contributed by atoms with E-state index in [0.717, 1.165) is 0 Å². The Bertz CT molecular complexity index is 667. The van der Waals surface area contributed by atoms with E-state index in [9.17, 15) is 19.5 Å². The molecule has 0 saturated carbocycles. The Morgan fingerprint density at radius 2 is 2.04 bits per heavy atom. The summed E-state index contributed by atoms with van der Waals surface area (Å²) in [6.45, 7) is 1.61. The number of hydrogen-bond acceptors (Lipinski definition) is 4. The Morgan fingerprint density at radius 1 is 1.39 bits per heavy atom. The number of carbonyl (C=O) groups is 3. The summed E-state index contributed by atoms with van der Waals surface area (Å²) in [6, 6.07) is 6.76. The monoisotopic (exact) mass is 354 g/mol. The fourth-order valence-electron chi connectivity index (χ4n) is 2.88. The van der Waals surface area contributed by atoms with E-state index in [1.807, 2.05) is 0 Å². The van der Waals surface area contributed by atoms with Crippen LogP contribution in [0.3, 0.4) is 0 Å². The van der Waals surface area contributed by atoms with Crippen LogP contribution < -0.4 is 5.32 Å². The maximum Gasteiger partial charge on any atom is 0.328 e. The maximum absolute atomic E-state index is 12.3. The van der Waals surface area contributed by atoms with Gasteiger partial charge in [-0.25, -0.2) is 4.79 Å². The molecule has 3 rings (SSSR count). The van der Waals surface area contributed by atoms with Crippen molar-refractivity contribution in [2.45, 2.75) is 29.3 Å². The van der Waals surface area contributed by atoms with Crippen LogP contribution in [0.4, 0.5) is 0 Å². The fourth-order valence-corrected chi connectivity index (χ4v) is 4.68. The highest BCUT2D eigenvalue weighted by Gasteiger charge is 2.61. The predicted molar refractivity (Wildman–Crippen MR) is 86.5 cm³/mol. The number of nitrogens with one attached hydrogen (secondary N) is 1. The number of thioether (sulfide) groups is 1. The van der Waals surface area contributed by atoms with E-state index in [1.54, 1.807) is 37.3 Å². The summed E-state index contributed by atoms with van der Waals surface area (Å²) in [7, 11) is 0. The lowest BCUT2D eigenvalue weighted by atomic mass is 9.94. The van der Waals surface area contributed by atoms with Crippen LogP contribution in [0.15, 0.2) is 30.3 Å². The molecule has 2 N–H and O–H groups in total. The zero-order valence-corrected chi connectivity index (χ0v) is 13.8. The number of alkyl halides is 1. The molecular weight excluding hydrogens is 340 g/mol. The highest BCUT2D eigenvalue weighted by Crippen LogP contribution is 2.44. The first-order valence-corrected chi connectivity index (χ1v) is 8.47. The minimum Gasteiger partial charge on any atom is -0.480 e. The quantitative estimate of drug-likeness (QED) is 0.628. The lowest BCUT2D eigenvalue weighted by Gasteiger charge is -2.55. The SMILES string of the molecule is C[C@@]1(Cl)CS[C@H]2[C@H](NC(=O)c3ccccc3)C(=O)N2[C@H]1C(=O)O. The highest BCUT2D eigenvalue weighted by atomic mass is 35.5. The van der Waals surface area contributed by atoms with Crippen molar-refractivity contribution in [1.82, 2.24) is 10.2 Å². The van der Waals surface area contributed by atoms with Crippen LogP contribution in [-0.4, -0.2) is 55.9 Å². The van der Waals surface area contributed by atoms with Crippen molar-refractivity contribution < 1.29 is 19.5 Å². The third-order valence-corrected chi connectivity index (χ3v) is 6.13. The summed E-state index contributed by atoms with van der Waals surface area (Å²) < 4.78 is 0. The molecule has 1 aromatic rings. The van der Waals surface area contributed by atoms with Gasteiger partial charge in [-0.15, -0.1) is 23.4 Å². The minimum absolute atomic E-state index is 0.352. The molecule has 1 aromatic carbocycles. The van der Waals surface area contributed by atoms with E-state index in [4.69, 9.17) is 11.6 Å². The largest absolute Gasteiger partial charge is 0.480 e. The molecule has 2 heterocycles. The molecule has 0 aliphatic carbocycles. The van der Waals surface area contributed by atoms with Gasteiger partial charge in [0.15, 0.2) is 0 Å². The predicted octanol–water partition coefficient (Wildman–Crippen LogP) is 1.15. The van der Waals surface area contributed by atoms with E-state index < -0.39 is 34.2 Å². The van der Waals surface area contributed by atoms with E-state index in [2.05, 4.69) is 5.32 Å². The standard InChI is InChI=1S/C15H15ClN2O4S/c1-15(16)7-23-13-9(12(20)18(13)10(15)14(21)22)17-11(19)8-5-3-2-4-6-8/h2-6,9-10,13H,7H2,1H3,(H,17,19)(H,21,22)/t9-,10+,13+,15-/m1/s1. The van der Waals surface area contributed by atoms with E-state index in [-0.39, 0.29) is 5.91 Å². The number of amides is 2. The molecule has 23 heavy (non-hydrogen) atoms. The molecule has 0 radical (unpaired) electrons. The second-order valence-electron chi connectivity index (χ2n) is 5.78. The molecule has 6 nitrogen and oxygen atoms in total. The first-order valence-electron chi connectivity index (χ1n) is 7.04. The number of β-lactam (4-membered cyclic amide) rings is 1. The number of benzene rings is 1. The van der Waals surface area contributed by atoms with Crippen molar-refractivity contribution in [1.29, 1.82) is 0 Å². The van der Waals surface area contributed by atoms with Crippen molar-refractivity contribution in [3.8, 4) is 0 Å². The van der Waals surface area contributed by atoms with Crippen molar-refractivity contribution in [3.05, 3.63) is 35.9 Å². The highest BCUT2D eigenvalue weighted by molar-refractivity contribution is 8.00. The van der Waals surface area contributed by atoms with Gasteiger partial charge in [0.25, 0.3) is 5.91 Å². The third-order valence-electron chi connectivity index (χ3n) is 4.02. The molecule has 2 fully saturated rings. The number of fused-ring (bicyclic) bond motifs is 1. The molecule has 8 heteroatoms. The van der Waals surface area contributed by atoms with Crippen LogP contribution in [-0.2, 0) is 9.59 Å². The Labute approximate surface area is 142 Å². The first kappa shape index (κ1) is 16.1. The van der Waals surface area contributed by atoms with Crippen LogP contribution >= 0.6 is 23.4 Å². The molecule has 2 amide bonds. The molecule has 0 bridgehead atoms. The molecular formula is C15H15ClN2O4S. The number of carboxylic acids is 1. The normalized spacial score (nSPS) is 32.7.